The number of hydrogen-bond acceptors (Lipinski definition) is 0. The fraction of sp³-hybridized carbons (Fsp3) is 0.400. The molecule has 12 heavy (non-hydrogen) atoms. The molecule has 1 unspecified atom stereocenters. The van der Waals surface area contributed by atoms with E-state index in [1.165, 1.54) is 5.56 Å². The molecule has 1 atom stereocenters. The lowest BCUT2D eigenvalue weighted by Crippen LogP contribution is -1.90. The van der Waals surface area contributed by atoms with Gasteiger partial charge in [0, 0.05) is 4.47 Å². The molecule has 0 bridgehead atoms. The number of rotatable bonds is 2. The van der Waals surface area contributed by atoms with Gasteiger partial charge in [0.1, 0.15) is 0 Å². The van der Waals surface area contributed by atoms with Gasteiger partial charge in [-0.1, -0.05) is 31.5 Å². The van der Waals surface area contributed by atoms with E-state index in [1.807, 2.05) is 12.1 Å². The Labute approximate surface area is 87.1 Å². The van der Waals surface area contributed by atoms with Crippen LogP contribution in [0.15, 0.2) is 22.7 Å². The van der Waals surface area contributed by atoms with Gasteiger partial charge in [0.2, 0.25) is 0 Å². The molecule has 0 nitrogen and oxygen atoms in total. The van der Waals surface area contributed by atoms with Gasteiger partial charge in [-0.25, -0.2) is 0 Å². The highest BCUT2D eigenvalue weighted by Gasteiger charge is 2.04. The van der Waals surface area contributed by atoms with Crippen LogP contribution in [0.4, 0.5) is 0 Å². The molecular formula is C10H12BrCl. The van der Waals surface area contributed by atoms with Crippen LogP contribution in [-0.4, -0.2) is 0 Å². The molecular weight excluding hydrogens is 235 g/mol. The van der Waals surface area contributed by atoms with Crippen LogP contribution in [0.3, 0.4) is 0 Å². The summed E-state index contributed by atoms with van der Waals surface area (Å²) in [7, 11) is 0. The average molecular weight is 248 g/mol. The third kappa shape index (κ3) is 2.24. The lowest BCUT2D eigenvalue weighted by molar-refractivity contribution is 0.733. The van der Waals surface area contributed by atoms with Gasteiger partial charge in [-0.3, -0.25) is 0 Å². The van der Waals surface area contributed by atoms with Crippen molar-refractivity contribution in [2.75, 3.05) is 0 Å². The van der Waals surface area contributed by atoms with E-state index in [-0.39, 0.29) is 0 Å². The normalized spacial score (nSPS) is 13.0. The highest BCUT2D eigenvalue weighted by Crippen LogP contribution is 2.27. The topological polar surface area (TPSA) is 0 Å². The van der Waals surface area contributed by atoms with Crippen LogP contribution in [0.1, 0.15) is 31.7 Å². The Morgan fingerprint density at radius 3 is 2.67 bits per heavy atom. The molecule has 0 saturated heterocycles. The Balaban J connectivity index is 2.96. The predicted molar refractivity (Wildman–Crippen MR) is 57.9 cm³/mol. The molecule has 0 saturated carbocycles. The summed E-state index contributed by atoms with van der Waals surface area (Å²) in [6.45, 7) is 4.39. The fourth-order valence-corrected chi connectivity index (χ4v) is 1.49. The van der Waals surface area contributed by atoms with Crippen LogP contribution in [0.2, 0.25) is 5.02 Å². The number of hydrogen-bond donors (Lipinski definition) is 0. The summed E-state index contributed by atoms with van der Waals surface area (Å²) in [6, 6.07) is 6.15. The van der Waals surface area contributed by atoms with Gasteiger partial charge in [-0.2, -0.15) is 0 Å². The lowest BCUT2D eigenvalue weighted by Gasteiger charge is -2.09. The Hall–Kier alpha value is -0.0100. The van der Waals surface area contributed by atoms with Gasteiger partial charge in [0.05, 0.1) is 5.02 Å². The van der Waals surface area contributed by atoms with Crippen molar-refractivity contribution in [1.82, 2.24) is 0 Å². The Kier molecular flexibility index (Phi) is 3.60. The first-order chi connectivity index (χ1) is 5.65. The third-order valence-corrected chi connectivity index (χ3v) is 3.36. The van der Waals surface area contributed by atoms with Crippen LogP contribution in [0.5, 0.6) is 0 Å². The van der Waals surface area contributed by atoms with Crippen molar-refractivity contribution in [3.8, 4) is 0 Å². The van der Waals surface area contributed by atoms with Crippen molar-refractivity contribution in [3.63, 3.8) is 0 Å². The molecule has 0 aliphatic rings. The van der Waals surface area contributed by atoms with Crippen LogP contribution < -0.4 is 0 Å². The average Bonchev–Trinajstić information content (AvgIpc) is 2.08. The predicted octanol–water partition coefficient (Wildman–Crippen LogP) is 4.62. The standard InChI is InChI=1S/C10H12BrCl/c1-3-7(2)8-4-5-9(11)10(12)6-8/h4-7H,3H2,1-2H3. The molecule has 0 fully saturated rings. The lowest BCUT2D eigenvalue weighted by atomic mass is 9.99. The van der Waals surface area contributed by atoms with Crippen LogP contribution >= 0.6 is 27.5 Å². The molecule has 0 aliphatic carbocycles. The smallest absolute Gasteiger partial charge is 0.0550 e. The maximum absolute atomic E-state index is 5.97. The van der Waals surface area contributed by atoms with Crippen molar-refractivity contribution in [2.24, 2.45) is 0 Å². The minimum absolute atomic E-state index is 0.593. The van der Waals surface area contributed by atoms with Gasteiger partial charge < -0.3 is 0 Å². The Morgan fingerprint density at radius 1 is 1.50 bits per heavy atom. The van der Waals surface area contributed by atoms with Crippen molar-refractivity contribution in [2.45, 2.75) is 26.2 Å². The highest BCUT2D eigenvalue weighted by molar-refractivity contribution is 9.10. The second kappa shape index (κ2) is 4.29. The van der Waals surface area contributed by atoms with Crippen LogP contribution in [0, 0.1) is 0 Å². The van der Waals surface area contributed by atoms with E-state index >= 15 is 0 Å². The van der Waals surface area contributed by atoms with Crippen molar-refractivity contribution >= 4 is 27.5 Å². The molecule has 1 aromatic carbocycles. The first-order valence-corrected chi connectivity index (χ1v) is 5.27. The fourth-order valence-electron chi connectivity index (χ4n) is 1.05. The SMILES string of the molecule is CCC(C)c1ccc(Br)c(Cl)c1. The molecule has 2 heteroatoms. The molecule has 0 aromatic heterocycles. The molecule has 0 N–H and O–H groups in total. The number of halogens is 2. The molecule has 0 aliphatic heterocycles. The van der Waals surface area contributed by atoms with E-state index in [1.54, 1.807) is 0 Å². The Morgan fingerprint density at radius 2 is 2.17 bits per heavy atom. The second-order valence-electron chi connectivity index (χ2n) is 2.98. The first kappa shape index (κ1) is 10.1. The maximum Gasteiger partial charge on any atom is 0.0550 e. The van der Waals surface area contributed by atoms with E-state index in [0.29, 0.717) is 5.92 Å². The van der Waals surface area contributed by atoms with E-state index in [9.17, 15) is 0 Å². The largest absolute Gasteiger partial charge is 0.0831 e. The molecule has 0 radical (unpaired) electrons. The summed E-state index contributed by atoms with van der Waals surface area (Å²) in [5.41, 5.74) is 1.31. The van der Waals surface area contributed by atoms with Crippen molar-refractivity contribution < 1.29 is 0 Å². The van der Waals surface area contributed by atoms with Crippen molar-refractivity contribution in [1.29, 1.82) is 0 Å². The van der Waals surface area contributed by atoms with Gasteiger partial charge >= 0.3 is 0 Å². The van der Waals surface area contributed by atoms with Gasteiger partial charge in [0.25, 0.3) is 0 Å². The van der Waals surface area contributed by atoms with E-state index < -0.39 is 0 Å². The van der Waals surface area contributed by atoms with Gasteiger partial charge in [0.15, 0.2) is 0 Å². The van der Waals surface area contributed by atoms with Crippen molar-refractivity contribution in [3.05, 3.63) is 33.3 Å². The monoisotopic (exact) mass is 246 g/mol. The maximum atomic E-state index is 5.97. The highest BCUT2D eigenvalue weighted by atomic mass is 79.9. The minimum Gasteiger partial charge on any atom is -0.0831 e. The quantitative estimate of drug-likeness (QED) is 0.715. The van der Waals surface area contributed by atoms with Gasteiger partial charge in [-0.15, -0.1) is 0 Å². The summed E-state index contributed by atoms with van der Waals surface area (Å²) in [6.07, 6.45) is 1.15. The van der Waals surface area contributed by atoms with Crippen LogP contribution in [0.25, 0.3) is 0 Å². The Bertz CT molecular complexity index is 271. The first-order valence-electron chi connectivity index (χ1n) is 4.10. The summed E-state index contributed by atoms with van der Waals surface area (Å²) in [5.74, 6) is 0.593. The molecule has 1 rings (SSSR count). The number of benzene rings is 1. The summed E-state index contributed by atoms with van der Waals surface area (Å²) >= 11 is 9.34. The molecule has 66 valence electrons. The van der Waals surface area contributed by atoms with Crippen LogP contribution in [-0.2, 0) is 0 Å². The van der Waals surface area contributed by atoms with E-state index in [2.05, 4.69) is 35.8 Å². The second-order valence-corrected chi connectivity index (χ2v) is 4.24. The molecule has 1 aromatic rings. The summed E-state index contributed by atoms with van der Waals surface area (Å²) < 4.78 is 0.969. The zero-order valence-corrected chi connectivity index (χ0v) is 9.61. The van der Waals surface area contributed by atoms with E-state index in [0.717, 1.165) is 15.9 Å². The van der Waals surface area contributed by atoms with Gasteiger partial charge in [-0.05, 0) is 46.0 Å². The molecule has 0 heterocycles. The zero-order valence-electron chi connectivity index (χ0n) is 7.27. The third-order valence-electron chi connectivity index (χ3n) is 2.13. The molecule has 0 amide bonds. The van der Waals surface area contributed by atoms with E-state index in [4.69, 9.17) is 11.6 Å². The molecule has 0 spiro atoms. The summed E-state index contributed by atoms with van der Waals surface area (Å²) in [4.78, 5) is 0. The zero-order chi connectivity index (χ0) is 9.14. The minimum atomic E-state index is 0.593. The summed E-state index contributed by atoms with van der Waals surface area (Å²) in [5, 5.41) is 0.799.